The molecule has 5 fully saturated rings. The number of nitrogens with zero attached hydrogens (tertiary/aromatic N) is 3. The summed E-state index contributed by atoms with van der Waals surface area (Å²) in [6.45, 7) is 2.97. The topological polar surface area (TPSA) is 68.5 Å². The number of rotatable bonds is 8. The average molecular weight is 667 g/mol. The number of alkyl halides is 2. The van der Waals surface area contributed by atoms with Crippen molar-refractivity contribution >= 4 is 11.6 Å². The molecule has 218 valence electrons. The van der Waals surface area contributed by atoms with Crippen LogP contribution in [0.15, 0.2) is 46.9 Å². The zero-order chi connectivity index (χ0) is 28.0. The molecule has 1 aromatic heterocycles. The first-order valence-electron chi connectivity index (χ1n) is 15.4. The van der Waals surface area contributed by atoms with Crippen LogP contribution >= 0.6 is 0 Å². The molecule has 3 aromatic rings. The molecule has 4 aliphatic carbocycles. The summed E-state index contributed by atoms with van der Waals surface area (Å²) in [6, 6.07) is 15.1. The van der Waals surface area contributed by atoms with Crippen LogP contribution < -0.4 is 30.8 Å². The van der Waals surface area contributed by atoms with Crippen molar-refractivity contribution in [2.45, 2.75) is 82.5 Å². The number of carbonyl (C=O) groups is 1. The SMILES string of the molecule is COc1ccc(C23CCC(CN(C(=O)C4CC[I-]CC4)c4cccc(-c5nnc(C6CC6)o5)c4)(CC2)CC3)cc1C. The summed E-state index contributed by atoms with van der Waals surface area (Å²) in [4.78, 5) is 16.4. The number of methoxy groups -OCH3 is 1. The molecule has 0 N–H and O–H groups in total. The minimum atomic E-state index is 0.155. The summed E-state index contributed by atoms with van der Waals surface area (Å²) in [6.07, 6.45) is 11.5. The molecule has 2 heterocycles. The fourth-order valence-electron chi connectivity index (χ4n) is 7.55. The molecule has 0 atom stereocenters. The summed E-state index contributed by atoms with van der Waals surface area (Å²) in [5.41, 5.74) is 5.03. The van der Waals surface area contributed by atoms with Gasteiger partial charge in [0.25, 0.3) is 0 Å². The molecule has 7 heteroatoms. The molecule has 2 bridgehead atoms. The molecule has 41 heavy (non-hydrogen) atoms. The maximum atomic E-state index is 14.3. The number of amides is 1. The van der Waals surface area contributed by atoms with E-state index in [9.17, 15) is 4.79 Å². The predicted octanol–water partition coefficient (Wildman–Crippen LogP) is 4.06. The van der Waals surface area contributed by atoms with Gasteiger partial charge in [-0.2, -0.15) is 0 Å². The van der Waals surface area contributed by atoms with Gasteiger partial charge in [0.15, 0.2) is 0 Å². The Morgan fingerprint density at radius 1 is 1.00 bits per heavy atom. The van der Waals surface area contributed by atoms with Gasteiger partial charge in [-0.25, -0.2) is 0 Å². The molecule has 1 saturated heterocycles. The van der Waals surface area contributed by atoms with E-state index in [0.29, 0.717) is 17.7 Å². The molecular weight excluding hydrogens is 625 g/mol. The van der Waals surface area contributed by atoms with E-state index in [0.717, 1.165) is 55.1 Å². The fourth-order valence-corrected chi connectivity index (χ4v) is 10.5. The van der Waals surface area contributed by atoms with Gasteiger partial charge in [0.05, 0.1) is 7.11 Å². The summed E-state index contributed by atoms with van der Waals surface area (Å²) >= 11 is 0.288. The minimum Gasteiger partial charge on any atom is -0.0361 e. The zero-order valence-electron chi connectivity index (χ0n) is 24.3. The summed E-state index contributed by atoms with van der Waals surface area (Å²) < 4.78 is 14.1. The van der Waals surface area contributed by atoms with Gasteiger partial charge in [-0.3, -0.25) is 0 Å². The van der Waals surface area contributed by atoms with Crippen LogP contribution in [-0.4, -0.2) is 38.6 Å². The molecule has 5 aliphatic rings. The Labute approximate surface area is 253 Å². The monoisotopic (exact) mass is 666 g/mol. The number of aryl methyl sites for hydroxylation is 1. The quantitative estimate of drug-likeness (QED) is 0.268. The third-order valence-corrected chi connectivity index (χ3v) is 13.2. The Morgan fingerprint density at radius 2 is 1.76 bits per heavy atom. The smallest absolute Gasteiger partial charge is 0.0361 e. The molecule has 0 unspecified atom stereocenters. The van der Waals surface area contributed by atoms with Crippen molar-refractivity contribution in [3.05, 3.63) is 59.5 Å². The second-order valence-corrected chi connectivity index (χ2v) is 16.2. The van der Waals surface area contributed by atoms with E-state index in [2.05, 4.69) is 58.4 Å². The first kappa shape index (κ1) is 27.4. The second kappa shape index (κ2) is 11.0. The van der Waals surface area contributed by atoms with Gasteiger partial charge >= 0.3 is 206 Å². The van der Waals surface area contributed by atoms with Crippen molar-refractivity contribution in [2.24, 2.45) is 11.3 Å². The summed E-state index contributed by atoms with van der Waals surface area (Å²) in [5, 5.41) is 8.67. The van der Waals surface area contributed by atoms with Gasteiger partial charge in [-0.15, -0.1) is 0 Å². The minimum absolute atomic E-state index is 0.155. The molecular formula is C34H41IN3O3-. The molecule has 8 rings (SSSR count). The van der Waals surface area contributed by atoms with Crippen molar-refractivity contribution in [2.75, 3.05) is 27.4 Å². The Bertz CT molecular complexity index is 1400. The van der Waals surface area contributed by atoms with Crippen LogP contribution in [-0.2, 0) is 10.2 Å². The van der Waals surface area contributed by atoms with Crippen LogP contribution in [0.5, 0.6) is 5.75 Å². The van der Waals surface area contributed by atoms with E-state index < -0.39 is 0 Å². The van der Waals surface area contributed by atoms with Gasteiger partial charge in [-0.05, 0) is 31.4 Å². The third-order valence-electron chi connectivity index (χ3n) is 10.5. The van der Waals surface area contributed by atoms with Gasteiger partial charge in [0.2, 0.25) is 0 Å². The van der Waals surface area contributed by atoms with E-state index in [1.54, 1.807) is 7.11 Å². The molecule has 1 aliphatic heterocycles. The Hall–Kier alpha value is -2.42. The number of carbonyl (C=O) groups excluding carboxylic acids is 1. The molecule has 0 radical (unpaired) electrons. The van der Waals surface area contributed by atoms with Gasteiger partial charge < -0.3 is 4.74 Å². The normalized spacial score (nSPS) is 26.4. The van der Waals surface area contributed by atoms with Crippen molar-refractivity contribution in [3.8, 4) is 17.2 Å². The fraction of sp³-hybridized carbons (Fsp3) is 0.559. The zero-order valence-corrected chi connectivity index (χ0v) is 26.5. The Morgan fingerprint density at radius 3 is 2.44 bits per heavy atom. The van der Waals surface area contributed by atoms with Crippen LogP contribution in [0, 0.1) is 18.3 Å². The number of anilines is 1. The van der Waals surface area contributed by atoms with Crippen LogP contribution in [0.3, 0.4) is 0 Å². The first-order valence-corrected chi connectivity index (χ1v) is 18.5. The van der Waals surface area contributed by atoms with Crippen molar-refractivity contribution in [1.82, 2.24) is 10.2 Å². The van der Waals surface area contributed by atoms with Gasteiger partial charge in [-0.1, -0.05) is 0 Å². The average Bonchev–Trinajstić information content (AvgIpc) is 3.77. The molecule has 4 saturated carbocycles. The third kappa shape index (κ3) is 5.32. The van der Waals surface area contributed by atoms with Crippen LogP contribution in [0.4, 0.5) is 5.69 Å². The molecule has 6 nitrogen and oxygen atoms in total. The number of fused-ring (bicyclic) bond motifs is 3. The first-order chi connectivity index (χ1) is 20.0. The number of ether oxygens (including phenoxy) is 1. The maximum absolute atomic E-state index is 14.3. The van der Waals surface area contributed by atoms with Crippen LogP contribution in [0.25, 0.3) is 11.5 Å². The van der Waals surface area contributed by atoms with Crippen molar-refractivity contribution in [1.29, 1.82) is 0 Å². The summed E-state index contributed by atoms with van der Waals surface area (Å²) in [7, 11) is 1.75. The Balaban J connectivity index is 1.15. The van der Waals surface area contributed by atoms with Gasteiger partial charge in [0.1, 0.15) is 5.75 Å². The van der Waals surface area contributed by atoms with E-state index in [1.165, 1.54) is 58.5 Å². The number of benzene rings is 2. The standard InChI is InChI=1S/C34H41IN3O3/c1-23-20-27(8-9-29(23)40-2)34-15-12-33(13-16-34,14-17-34)22-38(32(39)25-10-18-35-19-11-25)28-5-3-4-26(21-28)31-37-36-30(41-31)24-6-7-24/h3-5,8-9,20-21,24-25H,6-7,10-19,22H2,1-2H3/q-1. The number of hydrogen-bond donors (Lipinski definition) is 0. The number of aromatic nitrogens is 2. The molecule has 0 spiro atoms. The number of hydrogen-bond acceptors (Lipinski definition) is 5. The van der Waals surface area contributed by atoms with E-state index >= 15 is 0 Å². The van der Waals surface area contributed by atoms with Crippen molar-refractivity contribution < 1.29 is 35.2 Å². The van der Waals surface area contributed by atoms with E-state index in [4.69, 9.17) is 9.15 Å². The van der Waals surface area contributed by atoms with Crippen LogP contribution in [0.1, 0.15) is 87.1 Å². The summed E-state index contributed by atoms with van der Waals surface area (Å²) in [5.74, 6) is 3.20. The van der Waals surface area contributed by atoms with Crippen molar-refractivity contribution in [3.63, 3.8) is 0 Å². The van der Waals surface area contributed by atoms with E-state index in [-0.39, 0.29) is 38.0 Å². The second-order valence-electron chi connectivity index (χ2n) is 13.0. The van der Waals surface area contributed by atoms with Gasteiger partial charge in [0, 0.05) is 0 Å². The number of halogens is 1. The Kier molecular flexibility index (Phi) is 7.36. The van der Waals surface area contributed by atoms with E-state index in [1.807, 2.05) is 6.07 Å². The van der Waals surface area contributed by atoms with Crippen LogP contribution in [0.2, 0.25) is 0 Å². The molecule has 2 aromatic carbocycles. The predicted molar refractivity (Wildman–Crippen MR) is 156 cm³/mol. The molecule has 1 amide bonds.